The van der Waals surface area contributed by atoms with Gasteiger partial charge in [0.15, 0.2) is 0 Å². The zero-order valence-corrected chi connectivity index (χ0v) is 22.3. The normalized spacial score (nSPS) is 27.9. The van der Waals surface area contributed by atoms with Crippen LogP contribution in [0.3, 0.4) is 0 Å². The summed E-state index contributed by atoms with van der Waals surface area (Å²) in [4.78, 5) is 17.8. The lowest BCUT2D eigenvalue weighted by Gasteiger charge is -2.44. The lowest BCUT2D eigenvalue weighted by atomic mass is 9.70. The Morgan fingerprint density at radius 3 is 2.03 bits per heavy atom. The van der Waals surface area contributed by atoms with Gasteiger partial charge in [-0.1, -0.05) is 27.7 Å². The van der Waals surface area contributed by atoms with Crippen molar-refractivity contribution < 1.29 is 9.53 Å². The molecule has 0 aromatic heterocycles. The molecular weight excluding hydrogens is 396 g/mol. The number of amides is 1. The Morgan fingerprint density at radius 2 is 1.50 bits per heavy atom. The maximum Gasteiger partial charge on any atom is 0.225 e. The molecule has 0 spiro atoms. The van der Waals surface area contributed by atoms with Crippen LogP contribution >= 0.6 is 0 Å². The predicted molar refractivity (Wildman–Crippen MR) is 134 cm³/mol. The molecule has 186 valence electrons. The van der Waals surface area contributed by atoms with Crippen LogP contribution in [0.5, 0.6) is 0 Å². The van der Waals surface area contributed by atoms with E-state index >= 15 is 0 Å². The summed E-state index contributed by atoms with van der Waals surface area (Å²) in [7, 11) is 0. The fraction of sp³-hybridized carbons (Fsp3) is 0.964. The van der Waals surface area contributed by atoms with Crippen LogP contribution in [0.15, 0.2) is 0 Å². The Labute approximate surface area is 198 Å². The van der Waals surface area contributed by atoms with E-state index in [0.717, 1.165) is 75.5 Å². The minimum atomic E-state index is -0.0435. The van der Waals surface area contributed by atoms with Crippen LogP contribution < -0.4 is 0 Å². The van der Waals surface area contributed by atoms with Gasteiger partial charge in [0.2, 0.25) is 5.91 Å². The highest BCUT2D eigenvalue weighted by molar-refractivity contribution is 5.79. The van der Waals surface area contributed by atoms with Gasteiger partial charge in [-0.25, -0.2) is 0 Å². The van der Waals surface area contributed by atoms with Gasteiger partial charge in [-0.3, -0.25) is 4.79 Å². The molecule has 4 heteroatoms. The summed E-state index contributed by atoms with van der Waals surface area (Å²) in [5.74, 6) is 3.89. The van der Waals surface area contributed by atoms with Crippen molar-refractivity contribution in [3.63, 3.8) is 0 Å². The molecule has 1 atom stereocenters. The summed E-state index contributed by atoms with van der Waals surface area (Å²) in [6, 6.07) is 0. The molecule has 32 heavy (non-hydrogen) atoms. The molecule has 1 unspecified atom stereocenters. The highest BCUT2D eigenvalue weighted by Crippen LogP contribution is 2.39. The fourth-order valence-electron chi connectivity index (χ4n) is 6.03. The van der Waals surface area contributed by atoms with E-state index in [2.05, 4.69) is 58.3 Å². The van der Waals surface area contributed by atoms with Gasteiger partial charge in [0.25, 0.3) is 0 Å². The molecule has 3 aliphatic rings. The first kappa shape index (κ1) is 26.0. The van der Waals surface area contributed by atoms with E-state index in [4.69, 9.17) is 4.74 Å². The quantitative estimate of drug-likeness (QED) is 0.490. The van der Waals surface area contributed by atoms with Gasteiger partial charge in [-0.15, -0.1) is 0 Å². The van der Waals surface area contributed by atoms with Gasteiger partial charge in [0.1, 0.15) is 0 Å². The van der Waals surface area contributed by atoms with Gasteiger partial charge < -0.3 is 14.5 Å². The van der Waals surface area contributed by atoms with Crippen LogP contribution in [0.4, 0.5) is 0 Å². The second-order valence-corrected chi connectivity index (χ2v) is 13.3. The van der Waals surface area contributed by atoms with Gasteiger partial charge in [-0.2, -0.15) is 0 Å². The second kappa shape index (κ2) is 10.8. The average molecular weight is 449 g/mol. The standard InChI is InChI=1S/C28H52N2O2/c1-21(27(2,3)4)24-10-13-29(14-11-24)20-23-18-25(19-23)26(31)30-15-8-22(9-16-30)12-17-32-28(5,6)7/h21-25H,8-20H2,1-7H3. The molecule has 0 bridgehead atoms. The van der Waals surface area contributed by atoms with E-state index < -0.39 is 0 Å². The maximum atomic E-state index is 13.0. The Hall–Kier alpha value is -0.610. The molecule has 1 saturated carbocycles. The summed E-state index contributed by atoms with van der Waals surface area (Å²) in [6.45, 7) is 22.5. The number of rotatable bonds is 7. The van der Waals surface area contributed by atoms with Crippen molar-refractivity contribution in [1.29, 1.82) is 0 Å². The van der Waals surface area contributed by atoms with Crippen LogP contribution in [0.25, 0.3) is 0 Å². The third kappa shape index (κ3) is 7.45. The number of piperidine rings is 2. The Balaban J connectivity index is 1.29. The van der Waals surface area contributed by atoms with Gasteiger partial charge in [0.05, 0.1) is 5.60 Å². The van der Waals surface area contributed by atoms with E-state index in [1.54, 1.807) is 0 Å². The minimum absolute atomic E-state index is 0.0435. The maximum absolute atomic E-state index is 13.0. The number of likely N-dealkylation sites (tertiary alicyclic amines) is 2. The van der Waals surface area contributed by atoms with Crippen molar-refractivity contribution >= 4 is 5.91 Å². The fourth-order valence-corrected chi connectivity index (χ4v) is 6.03. The van der Waals surface area contributed by atoms with Crippen molar-refractivity contribution in [2.75, 3.05) is 39.3 Å². The molecular formula is C28H52N2O2. The Kier molecular flexibility index (Phi) is 8.74. The van der Waals surface area contributed by atoms with E-state index in [9.17, 15) is 4.79 Å². The molecule has 3 rings (SSSR count). The predicted octanol–water partition coefficient (Wildman–Crippen LogP) is 5.85. The summed E-state index contributed by atoms with van der Waals surface area (Å²) in [6.07, 6.45) is 8.38. The van der Waals surface area contributed by atoms with Crippen molar-refractivity contribution in [2.24, 2.45) is 35.0 Å². The number of ether oxygens (including phenoxy) is 1. The third-order valence-electron chi connectivity index (χ3n) is 8.79. The van der Waals surface area contributed by atoms with Crippen molar-refractivity contribution in [3.05, 3.63) is 0 Å². The Morgan fingerprint density at radius 1 is 0.906 bits per heavy atom. The SMILES string of the molecule is CC(C1CCN(CC2CC(C(=O)N3CCC(CCOC(C)(C)C)CC3)C2)CC1)C(C)(C)C. The first-order valence-corrected chi connectivity index (χ1v) is 13.6. The molecule has 2 heterocycles. The smallest absolute Gasteiger partial charge is 0.225 e. The summed E-state index contributed by atoms with van der Waals surface area (Å²) < 4.78 is 5.89. The van der Waals surface area contributed by atoms with Crippen LogP contribution in [0.2, 0.25) is 0 Å². The molecule has 4 nitrogen and oxygen atoms in total. The van der Waals surface area contributed by atoms with Crippen molar-refractivity contribution in [3.8, 4) is 0 Å². The van der Waals surface area contributed by atoms with Crippen molar-refractivity contribution in [1.82, 2.24) is 9.80 Å². The van der Waals surface area contributed by atoms with E-state index in [1.807, 2.05) is 0 Å². The lowest BCUT2D eigenvalue weighted by molar-refractivity contribution is -0.141. The molecule has 0 aromatic rings. The average Bonchev–Trinajstić information content (AvgIpc) is 2.69. The number of hydrogen-bond acceptors (Lipinski definition) is 3. The first-order chi connectivity index (χ1) is 14.9. The topological polar surface area (TPSA) is 32.8 Å². The zero-order valence-electron chi connectivity index (χ0n) is 22.3. The molecule has 2 aliphatic heterocycles. The number of hydrogen-bond donors (Lipinski definition) is 0. The second-order valence-electron chi connectivity index (χ2n) is 13.3. The minimum Gasteiger partial charge on any atom is -0.376 e. The number of carbonyl (C=O) groups excluding carboxylic acids is 1. The zero-order chi connectivity index (χ0) is 23.5. The molecule has 3 fully saturated rings. The molecule has 1 amide bonds. The van der Waals surface area contributed by atoms with Gasteiger partial charge in [-0.05, 0) is 108 Å². The number of nitrogens with zero attached hydrogens (tertiary/aromatic N) is 2. The van der Waals surface area contributed by atoms with E-state index in [1.165, 1.54) is 32.5 Å². The Bertz CT molecular complexity index is 584. The van der Waals surface area contributed by atoms with Crippen molar-refractivity contribution in [2.45, 2.75) is 99.0 Å². The first-order valence-electron chi connectivity index (χ1n) is 13.6. The largest absolute Gasteiger partial charge is 0.376 e. The highest BCUT2D eigenvalue weighted by atomic mass is 16.5. The third-order valence-corrected chi connectivity index (χ3v) is 8.79. The van der Waals surface area contributed by atoms with E-state index in [0.29, 0.717) is 17.2 Å². The monoisotopic (exact) mass is 448 g/mol. The summed E-state index contributed by atoms with van der Waals surface area (Å²) in [5.41, 5.74) is 0.376. The lowest BCUT2D eigenvalue weighted by Crippen LogP contribution is -2.48. The molecule has 2 saturated heterocycles. The van der Waals surface area contributed by atoms with E-state index in [-0.39, 0.29) is 5.60 Å². The molecule has 1 aliphatic carbocycles. The van der Waals surface area contributed by atoms with Crippen LogP contribution in [0, 0.1) is 35.0 Å². The van der Waals surface area contributed by atoms with Gasteiger partial charge in [0, 0.05) is 32.2 Å². The van der Waals surface area contributed by atoms with Crippen LogP contribution in [-0.2, 0) is 9.53 Å². The molecule has 0 radical (unpaired) electrons. The van der Waals surface area contributed by atoms with Crippen LogP contribution in [-0.4, -0.2) is 60.6 Å². The van der Waals surface area contributed by atoms with Crippen LogP contribution in [0.1, 0.15) is 93.4 Å². The summed E-state index contributed by atoms with van der Waals surface area (Å²) >= 11 is 0. The number of carbonyl (C=O) groups is 1. The molecule has 0 aromatic carbocycles. The van der Waals surface area contributed by atoms with Gasteiger partial charge >= 0.3 is 0 Å². The molecule has 0 N–H and O–H groups in total. The summed E-state index contributed by atoms with van der Waals surface area (Å²) in [5, 5.41) is 0. The highest BCUT2D eigenvalue weighted by Gasteiger charge is 2.39.